The molecule has 2 rings (SSSR count). The average molecular weight is 189 g/mol. The molecule has 0 saturated heterocycles. The Morgan fingerprint density at radius 1 is 1.14 bits per heavy atom. The molecule has 0 aromatic heterocycles. The van der Waals surface area contributed by atoms with Gasteiger partial charge in [-0.15, -0.1) is 0 Å². The Labute approximate surface area is 79.7 Å². The van der Waals surface area contributed by atoms with Crippen molar-refractivity contribution in [2.24, 2.45) is 25.7 Å². The van der Waals surface area contributed by atoms with Gasteiger partial charge in [-0.1, -0.05) is 28.4 Å². The second kappa shape index (κ2) is 3.73. The summed E-state index contributed by atoms with van der Waals surface area (Å²) in [6.07, 6.45) is 0. The van der Waals surface area contributed by atoms with Crippen LogP contribution < -0.4 is 0 Å². The van der Waals surface area contributed by atoms with Crippen LogP contribution in [0.3, 0.4) is 0 Å². The van der Waals surface area contributed by atoms with Gasteiger partial charge in [0, 0.05) is 5.56 Å². The SMILES string of the molecule is Oc1ccccc1CN=C1N=NN=N1. The maximum absolute atomic E-state index is 9.41. The minimum Gasteiger partial charge on any atom is -0.508 e. The molecule has 6 heteroatoms. The second-order valence-corrected chi connectivity index (χ2v) is 2.62. The lowest BCUT2D eigenvalue weighted by Gasteiger charge is -1.98. The first kappa shape index (κ1) is 8.49. The smallest absolute Gasteiger partial charge is 0.287 e. The first-order valence-electron chi connectivity index (χ1n) is 3.99. The summed E-state index contributed by atoms with van der Waals surface area (Å²) in [5.74, 6) is 0.442. The highest BCUT2D eigenvalue weighted by atomic mass is 16.3. The van der Waals surface area contributed by atoms with E-state index in [1.54, 1.807) is 18.2 Å². The summed E-state index contributed by atoms with van der Waals surface area (Å²) in [7, 11) is 0. The Kier molecular flexibility index (Phi) is 2.26. The number of hydrogen-bond donors (Lipinski definition) is 1. The zero-order valence-corrected chi connectivity index (χ0v) is 7.20. The van der Waals surface area contributed by atoms with Crippen molar-refractivity contribution in [1.82, 2.24) is 0 Å². The monoisotopic (exact) mass is 189 g/mol. The van der Waals surface area contributed by atoms with Gasteiger partial charge in [0.25, 0.3) is 5.96 Å². The Morgan fingerprint density at radius 3 is 2.57 bits per heavy atom. The number of guanidine groups is 1. The predicted molar refractivity (Wildman–Crippen MR) is 49.0 cm³/mol. The van der Waals surface area contributed by atoms with E-state index < -0.39 is 0 Å². The van der Waals surface area contributed by atoms with Crippen LogP contribution in [0.15, 0.2) is 49.9 Å². The third-order valence-corrected chi connectivity index (χ3v) is 1.69. The number of nitrogens with zero attached hydrogens (tertiary/aromatic N) is 5. The Balaban J connectivity index is 2.12. The second-order valence-electron chi connectivity index (χ2n) is 2.62. The molecule has 1 aromatic rings. The lowest BCUT2D eigenvalue weighted by atomic mass is 10.2. The van der Waals surface area contributed by atoms with Crippen molar-refractivity contribution in [3.63, 3.8) is 0 Å². The molecule has 0 spiro atoms. The summed E-state index contributed by atoms with van der Waals surface area (Å²) in [6.45, 7) is 0.319. The van der Waals surface area contributed by atoms with E-state index in [1.165, 1.54) is 0 Å². The Bertz CT molecular complexity index is 409. The quantitative estimate of drug-likeness (QED) is 0.758. The van der Waals surface area contributed by atoms with Gasteiger partial charge in [-0.2, -0.15) is 0 Å². The van der Waals surface area contributed by atoms with E-state index in [0.717, 1.165) is 5.56 Å². The van der Waals surface area contributed by atoms with Gasteiger partial charge in [0.1, 0.15) is 5.75 Å². The fraction of sp³-hybridized carbons (Fsp3) is 0.125. The molecule has 1 aromatic carbocycles. The highest BCUT2D eigenvalue weighted by Crippen LogP contribution is 2.16. The van der Waals surface area contributed by atoms with Gasteiger partial charge in [-0.3, -0.25) is 0 Å². The first-order chi connectivity index (χ1) is 6.86. The molecular formula is C8H7N5O. The van der Waals surface area contributed by atoms with Crippen LogP contribution in [0.5, 0.6) is 5.75 Å². The highest BCUT2D eigenvalue weighted by molar-refractivity contribution is 5.81. The van der Waals surface area contributed by atoms with Crippen LogP contribution in [-0.4, -0.2) is 11.1 Å². The number of aromatic hydroxyl groups is 1. The Hall–Kier alpha value is -2.11. The minimum atomic E-state index is 0.212. The van der Waals surface area contributed by atoms with Crippen LogP contribution in [0.4, 0.5) is 0 Å². The van der Waals surface area contributed by atoms with Crippen LogP contribution in [0.2, 0.25) is 0 Å². The van der Waals surface area contributed by atoms with Gasteiger partial charge in [-0.25, -0.2) is 4.99 Å². The van der Waals surface area contributed by atoms with E-state index in [2.05, 4.69) is 25.7 Å². The zero-order chi connectivity index (χ0) is 9.80. The molecule has 1 N–H and O–H groups in total. The van der Waals surface area contributed by atoms with Gasteiger partial charge < -0.3 is 5.11 Å². The fourth-order valence-electron chi connectivity index (χ4n) is 1.00. The van der Waals surface area contributed by atoms with E-state index in [-0.39, 0.29) is 11.7 Å². The van der Waals surface area contributed by atoms with Gasteiger partial charge in [0.05, 0.1) is 6.54 Å². The van der Waals surface area contributed by atoms with Crippen LogP contribution in [-0.2, 0) is 6.54 Å². The van der Waals surface area contributed by atoms with E-state index in [1.807, 2.05) is 6.07 Å². The summed E-state index contributed by atoms with van der Waals surface area (Å²) >= 11 is 0. The standard InChI is InChI=1S/C8H7N5O/c14-7-4-2-1-3-6(7)5-9-8-10-12-13-11-8/h1-4,14H,5H2. The molecule has 1 aliphatic heterocycles. The predicted octanol–water partition coefficient (Wildman–Crippen LogP) is 2.08. The lowest BCUT2D eigenvalue weighted by Crippen LogP contribution is -1.87. The molecule has 0 aliphatic carbocycles. The highest BCUT2D eigenvalue weighted by Gasteiger charge is 2.01. The van der Waals surface area contributed by atoms with E-state index in [0.29, 0.717) is 6.54 Å². The number of hydrogen-bond acceptors (Lipinski definition) is 4. The van der Waals surface area contributed by atoms with Gasteiger partial charge in [-0.05, 0) is 16.5 Å². The summed E-state index contributed by atoms with van der Waals surface area (Å²) in [4.78, 5) is 3.99. The lowest BCUT2D eigenvalue weighted by molar-refractivity contribution is 0.468. The summed E-state index contributed by atoms with van der Waals surface area (Å²) < 4.78 is 0. The van der Waals surface area contributed by atoms with Gasteiger partial charge in [0.2, 0.25) is 0 Å². The molecule has 0 atom stereocenters. The van der Waals surface area contributed by atoms with Crippen molar-refractivity contribution < 1.29 is 5.11 Å². The van der Waals surface area contributed by atoms with Gasteiger partial charge in [0.15, 0.2) is 0 Å². The molecule has 1 heterocycles. The summed E-state index contributed by atoms with van der Waals surface area (Å²) in [5, 5.41) is 23.1. The molecule has 6 nitrogen and oxygen atoms in total. The third-order valence-electron chi connectivity index (χ3n) is 1.69. The first-order valence-corrected chi connectivity index (χ1v) is 3.99. The van der Waals surface area contributed by atoms with Crippen LogP contribution in [0, 0.1) is 0 Å². The topological polar surface area (TPSA) is 82.0 Å². The van der Waals surface area contributed by atoms with Crippen molar-refractivity contribution in [3.05, 3.63) is 29.8 Å². The van der Waals surface area contributed by atoms with Crippen molar-refractivity contribution in [3.8, 4) is 5.75 Å². The molecule has 0 fully saturated rings. The van der Waals surface area contributed by atoms with Crippen LogP contribution >= 0.6 is 0 Å². The molecule has 14 heavy (non-hydrogen) atoms. The van der Waals surface area contributed by atoms with Crippen molar-refractivity contribution in [2.45, 2.75) is 6.54 Å². The molecule has 0 bridgehead atoms. The fourth-order valence-corrected chi connectivity index (χ4v) is 1.00. The molecule has 70 valence electrons. The van der Waals surface area contributed by atoms with Crippen LogP contribution in [0.25, 0.3) is 0 Å². The molecular weight excluding hydrogens is 182 g/mol. The molecule has 1 aliphatic rings. The zero-order valence-electron chi connectivity index (χ0n) is 7.20. The van der Waals surface area contributed by atoms with E-state index >= 15 is 0 Å². The van der Waals surface area contributed by atoms with Crippen molar-refractivity contribution in [1.29, 1.82) is 0 Å². The number of aliphatic imine (C=N–C) groups is 1. The third kappa shape index (κ3) is 1.79. The molecule has 0 amide bonds. The van der Waals surface area contributed by atoms with Crippen molar-refractivity contribution in [2.75, 3.05) is 0 Å². The Morgan fingerprint density at radius 2 is 1.86 bits per heavy atom. The van der Waals surface area contributed by atoms with Crippen molar-refractivity contribution >= 4 is 5.96 Å². The summed E-state index contributed by atoms with van der Waals surface area (Å²) in [6, 6.07) is 6.96. The molecule has 0 unspecified atom stereocenters. The number of para-hydroxylation sites is 1. The van der Waals surface area contributed by atoms with E-state index in [4.69, 9.17) is 0 Å². The molecule has 0 saturated carbocycles. The number of phenols is 1. The van der Waals surface area contributed by atoms with Crippen LogP contribution in [0.1, 0.15) is 5.56 Å². The summed E-state index contributed by atoms with van der Waals surface area (Å²) in [5.41, 5.74) is 0.720. The maximum Gasteiger partial charge on any atom is 0.287 e. The van der Waals surface area contributed by atoms with Gasteiger partial charge >= 0.3 is 0 Å². The normalized spacial score (nSPS) is 13.6. The minimum absolute atomic E-state index is 0.212. The maximum atomic E-state index is 9.41. The van der Waals surface area contributed by atoms with E-state index in [9.17, 15) is 5.11 Å². The average Bonchev–Trinajstić information content (AvgIpc) is 2.69. The molecule has 0 radical (unpaired) electrons. The number of rotatable bonds is 2. The number of benzene rings is 1. The largest absolute Gasteiger partial charge is 0.508 e. The number of phenolic OH excluding ortho intramolecular Hbond substituents is 1.